The second kappa shape index (κ2) is 7.14. The van der Waals surface area contributed by atoms with Gasteiger partial charge in [0.15, 0.2) is 5.65 Å². The van der Waals surface area contributed by atoms with Crippen LogP contribution in [0.25, 0.3) is 11.0 Å². The largest absolute Gasteiger partial charge is 0.375 e. The van der Waals surface area contributed by atoms with Crippen LogP contribution in [0.5, 0.6) is 0 Å². The zero-order valence-corrected chi connectivity index (χ0v) is 13.7. The summed E-state index contributed by atoms with van der Waals surface area (Å²) in [6, 6.07) is 9.41. The van der Waals surface area contributed by atoms with Crippen molar-refractivity contribution in [2.24, 2.45) is 0 Å². The maximum Gasteiger partial charge on any atom is 0.160 e. The maximum absolute atomic E-state index is 14.2. The first-order valence-corrected chi connectivity index (χ1v) is 8.51. The number of benzene rings is 1. The molecule has 0 spiro atoms. The monoisotopic (exact) mass is 341 g/mol. The molecule has 6 nitrogen and oxygen atoms in total. The molecule has 4 rings (SSSR count). The lowest BCUT2D eigenvalue weighted by molar-refractivity contribution is 0.0217. The number of aromatic nitrogens is 4. The predicted octanol–water partition coefficient (Wildman–Crippen LogP) is 3.41. The SMILES string of the molecule is FC(CO[C@H]1CCC(Nc2ncnc3[nH]ncc23)C1)c1ccccc1. The zero-order valence-electron chi connectivity index (χ0n) is 13.7. The number of fused-ring (bicyclic) bond motifs is 1. The summed E-state index contributed by atoms with van der Waals surface area (Å²) in [5, 5.41) is 11.1. The Hall–Kier alpha value is -2.54. The van der Waals surface area contributed by atoms with Gasteiger partial charge < -0.3 is 10.1 Å². The van der Waals surface area contributed by atoms with E-state index in [1.807, 2.05) is 18.2 Å². The van der Waals surface area contributed by atoms with E-state index in [4.69, 9.17) is 4.74 Å². The number of rotatable bonds is 6. The second-order valence-electron chi connectivity index (χ2n) is 6.34. The van der Waals surface area contributed by atoms with Crippen molar-refractivity contribution >= 4 is 16.9 Å². The normalized spacial score (nSPS) is 21.5. The Labute approximate surface area is 144 Å². The number of aromatic amines is 1. The van der Waals surface area contributed by atoms with Crippen LogP contribution in [0.4, 0.5) is 10.2 Å². The summed E-state index contributed by atoms with van der Waals surface area (Å²) in [4.78, 5) is 8.43. The Kier molecular flexibility index (Phi) is 4.56. The molecular formula is C18H20FN5O. The van der Waals surface area contributed by atoms with Crippen molar-refractivity contribution in [3.05, 3.63) is 48.4 Å². The van der Waals surface area contributed by atoms with Crippen molar-refractivity contribution in [2.45, 2.75) is 37.6 Å². The molecular weight excluding hydrogens is 321 g/mol. The number of hydrogen-bond donors (Lipinski definition) is 2. The van der Waals surface area contributed by atoms with Crippen molar-refractivity contribution in [3.63, 3.8) is 0 Å². The minimum Gasteiger partial charge on any atom is -0.375 e. The highest BCUT2D eigenvalue weighted by atomic mass is 19.1. The molecule has 1 aliphatic carbocycles. The third kappa shape index (κ3) is 3.61. The first kappa shape index (κ1) is 16.0. The molecule has 2 aromatic heterocycles. The Morgan fingerprint density at radius 2 is 2.12 bits per heavy atom. The van der Waals surface area contributed by atoms with Gasteiger partial charge in [0.2, 0.25) is 0 Å². The number of alkyl halides is 1. The predicted molar refractivity (Wildman–Crippen MR) is 93.0 cm³/mol. The summed E-state index contributed by atoms with van der Waals surface area (Å²) >= 11 is 0. The summed E-state index contributed by atoms with van der Waals surface area (Å²) in [6.07, 6.45) is 4.94. The maximum atomic E-state index is 14.2. The van der Waals surface area contributed by atoms with E-state index >= 15 is 0 Å². The molecule has 0 radical (unpaired) electrons. The van der Waals surface area contributed by atoms with E-state index in [1.54, 1.807) is 18.3 Å². The topological polar surface area (TPSA) is 75.7 Å². The fourth-order valence-corrected chi connectivity index (χ4v) is 3.27. The van der Waals surface area contributed by atoms with Gasteiger partial charge in [0, 0.05) is 6.04 Å². The Balaban J connectivity index is 1.30. The van der Waals surface area contributed by atoms with Crippen LogP contribution in [0, 0.1) is 0 Å². The average Bonchev–Trinajstić information content (AvgIpc) is 3.30. The van der Waals surface area contributed by atoms with Crippen molar-refractivity contribution in [1.29, 1.82) is 0 Å². The van der Waals surface area contributed by atoms with Crippen LogP contribution >= 0.6 is 0 Å². The van der Waals surface area contributed by atoms with Gasteiger partial charge in [-0.05, 0) is 24.8 Å². The van der Waals surface area contributed by atoms with Crippen LogP contribution in [0.3, 0.4) is 0 Å². The first-order valence-electron chi connectivity index (χ1n) is 8.51. The van der Waals surface area contributed by atoms with Crippen LogP contribution in [-0.4, -0.2) is 38.9 Å². The quantitative estimate of drug-likeness (QED) is 0.718. The average molecular weight is 341 g/mol. The van der Waals surface area contributed by atoms with Gasteiger partial charge in [-0.1, -0.05) is 30.3 Å². The molecule has 0 amide bonds. The molecule has 1 aliphatic rings. The molecule has 1 fully saturated rings. The van der Waals surface area contributed by atoms with E-state index in [2.05, 4.69) is 25.5 Å². The molecule has 7 heteroatoms. The summed E-state index contributed by atoms with van der Waals surface area (Å²) < 4.78 is 20.0. The van der Waals surface area contributed by atoms with Crippen LogP contribution in [0.2, 0.25) is 0 Å². The number of hydrogen-bond acceptors (Lipinski definition) is 5. The lowest BCUT2D eigenvalue weighted by atomic mass is 10.1. The standard InChI is InChI=1S/C18H20FN5O/c19-16(12-4-2-1-3-5-12)10-25-14-7-6-13(8-14)23-17-15-9-22-24-18(15)21-11-20-17/h1-5,9,11,13-14,16H,6-8,10H2,(H2,20,21,22,23,24)/t13?,14-,16?/m0/s1. The lowest BCUT2D eigenvalue weighted by Gasteiger charge is -2.16. The number of H-pyrrole nitrogens is 1. The molecule has 0 saturated heterocycles. The number of nitrogens with zero attached hydrogens (tertiary/aromatic N) is 3. The lowest BCUT2D eigenvalue weighted by Crippen LogP contribution is -2.19. The van der Waals surface area contributed by atoms with Crippen molar-refractivity contribution < 1.29 is 9.13 Å². The molecule has 0 aliphatic heterocycles. The van der Waals surface area contributed by atoms with E-state index in [0.29, 0.717) is 11.2 Å². The van der Waals surface area contributed by atoms with Gasteiger partial charge in [0.05, 0.1) is 24.3 Å². The summed E-state index contributed by atoms with van der Waals surface area (Å²) in [5.41, 5.74) is 1.38. The van der Waals surface area contributed by atoms with Gasteiger partial charge in [-0.3, -0.25) is 5.10 Å². The number of anilines is 1. The van der Waals surface area contributed by atoms with Gasteiger partial charge in [0.1, 0.15) is 18.3 Å². The first-order chi connectivity index (χ1) is 12.3. The van der Waals surface area contributed by atoms with Crippen molar-refractivity contribution in [3.8, 4) is 0 Å². The van der Waals surface area contributed by atoms with Gasteiger partial charge in [-0.25, -0.2) is 14.4 Å². The summed E-state index contributed by atoms with van der Waals surface area (Å²) in [5.74, 6) is 0.775. The van der Waals surface area contributed by atoms with Crippen LogP contribution in [0.15, 0.2) is 42.9 Å². The van der Waals surface area contributed by atoms with Gasteiger partial charge in [-0.2, -0.15) is 5.10 Å². The third-order valence-corrected chi connectivity index (χ3v) is 4.61. The van der Waals surface area contributed by atoms with Crippen LogP contribution < -0.4 is 5.32 Å². The highest BCUT2D eigenvalue weighted by Crippen LogP contribution is 2.28. The van der Waals surface area contributed by atoms with Crippen LogP contribution in [0.1, 0.15) is 31.0 Å². The molecule has 1 saturated carbocycles. The highest BCUT2D eigenvalue weighted by molar-refractivity contribution is 5.85. The van der Waals surface area contributed by atoms with Gasteiger partial charge >= 0.3 is 0 Å². The molecule has 130 valence electrons. The number of ether oxygens (including phenoxy) is 1. The van der Waals surface area contributed by atoms with E-state index < -0.39 is 6.17 Å². The minimum atomic E-state index is -1.08. The van der Waals surface area contributed by atoms with Gasteiger partial charge in [-0.15, -0.1) is 0 Å². The van der Waals surface area contributed by atoms with E-state index in [0.717, 1.165) is 30.5 Å². The molecule has 2 unspecified atom stereocenters. The van der Waals surface area contributed by atoms with Gasteiger partial charge in [0.25, 0.3) is 0 Å². The molecule has 3 atom stereocenters. The van der Waals surface area contributed by atoms with E-state index in [1.165, 1.54) is 6.33 Å². The molecule has 1 aromatic carbocycles. The molecule has 2 N–H and O–H groups in total. The zero-order chi connectivity index (χ0) is 17.1. The smallest absolute Gasteiger partial charge is 0.160 e. The second-order valence-corrected chi connectivity index (χ2v) is 6.34. The Morgan fingerprint density at radius 3 is 3.00 bits per heavy atom. The summed E-state index contributed by atoms with van der Waals surface area (Å²) in [7, 11) is 0. The summed E-state index contributed by atoms with van der Waals surface area (Å²) in [6.45, 7) is 0.0981. The van der Waals surface area contributed by atoms with Crippen molar-refractivity contribution in [1.82, 2.24) is 20.2 Å². The third-order valence-electron chi connectivity index (χ3n) is 4.61. The van der Waals surface area contributed by atoms with Crippen LogP contribution in [-0.2, 0) is 4.74 Å². The van der Waals surface area contributed by atoms with E-state index in [-0.39, 0.29) is 18.8 Å². The highest BCUT2D eigenvalue weighted by Gasteiger charge is 2.27. The fraction of sp³-hybridized carbons (Fsp3) is 0.389. The molecule has 0 bridgehead atoms. The Bertz CT molecular complexity index is 824. The minimum absolute atomic E-state index is 0.0705. The van der Waals surface area contributed by atoms with E-state index in [9.17, 15) is 4.39 Å². The molecule has 25 heavy (non-hydrogen) atoms. The number of halogens is 1. The molecule has 2 heterocycles. The fourth-order valence-electron chi connectivity index (χ4n) is 3.27. The Morgan fingerprint density at radius 1 is 1.24 bits per heavy atom. The molecule has 3 aromatic rings. The number of nitrogens with one attached hydrogen (secondary N) is 2. The van der Waals surface area contributed by atoms with Crippen molar-refractivity contribution in [2.75, 3.05) is 11.9 Å².